The third-order valence-corrected chi connectivity index (χ3v) is 7.77. The SMILES string of the molecule is CC(=O)N1CC[C@H]2CCCCN(Cc3ccccc3OC(C)C)CCOc3cccc(c3)C(=O)N(C)[C@H]2C1. The lowest BCUT2D eigenvalue weighted by atomic mass is 9.86. The van der Waals surface area contributed by atoms with Gasteiger partial charge in [-0.2, -0.15) is 0 Å². The molecule has 0 saturated carbocycles. The average molecular weight is 522 g/mol. The number of fused-ring (bicyclic) bond motifs is 3. The van der Waals surface area contributed by atoms with Crippen LogP contribution in [-0.4, -0.2) is 78.5 Å². The predicted octanol–water partition coefficient (Wildman–Crippen LogP) is 4.85. The number of carbonyl (C=O) groups excluding carboxylic acids is 2. The molecule has 7 nitrogen and oxygen atoms in total. The van der Waals surface area contributed by atoms with Gasteiger partial charge in [-0.1, -0.05) is 30.7 Å². The van der Waals surface area contributed by atoms with E-state index < -0.39 is 0 Å². The summed E-state index contributed by atoms with van der Waals surface area (Å²) in [6.45, 7) is 10.2. The minimum Gasteiger partial charge on any atom is -0.492 e. The zero-order valence-corrected chi connectivity index (χ0v) is 23.4. The van der Waals surface area contributed by atoms with Gasteiger partial charge in [-0.3, -0.25) is 14.5 Å². The van der Waals surface area contributed by atoms with Gasteiger partial charge in [-0.25, -0.2) is 0 Å². The summed E-state index contributed by atoms with van der Waals surface area (Å²) in [6.07, 6.45) is 4.24. The summed E-state index contributed by atoms with van der Waals surface area (Å²) in [5.74, 6) is 2.07. The van der Waals surface area contributed by atoms with E-state index in [0.717, 1.165) is 57.6 Å². The van der Waals surface area contributed by atoms with Crippen molar-refractivity contribution in [2.45, 2.75) is 65.1 Å². The summed E-state index contributed by atoms with van der Waals surface area (Å²) >= 11 is 0. The first-order valence-electron chi connectivity index (χ1n) is 14.0. The van der Waals surface area contributed by atoms with Crippen LogP contribution in [0.1, 0.15) is 62.4 Å². The fourth-order valence-electron chi connectivity index (χ4n) is 5.66. The van der Waals surface area contributed by atoms with Gasteiger partial charge < -0.3 is 19.3 Å². The minimum atomic E-state index is -0.0193. The predicted molar refractivity (Wildman–Crippen MR) is 150 cm³/mol. The zero-order valence-electron chi connectivity index (χ0n) is 23.4. The molecule has 2 aromatic rings. The summed E-state index contributed by atoms with van der Waals surface area (Å²) in [5.41, 5.74) is 1.81. The number of hydrogen-bond donors (Lipinski definition) is 0. The van der Waals surface area contributed by atoms with E-state index in [1.807, 2.05) is 53.2 Å². The molecule has 1 saturated heterocycles. The van der Waals surface area contributed by atoms with E-state index in [1.165, 1.54) is 5.56 Å². The first kappa shape index (κ1) is 28.0. The second-order valence-electron chi connectivity index (χ2n) is 10.9. The molecule has 2 amide bonds. The van der Waals surface area contributed by atoms with Crippen LogP contribution in [0.15, 0.2) is 48.5 Å². The third kappa shape index (κ3) is 7.28. The van der Waals surface area contributed by atoms with Crippen LogP contribution < -0.4 is 9.47 Å². The number of amides is 2. The standard InChI is InChI=1S/C31H43N3O4/c1-23(2)38-30-14-6-5-11-27(30)21-33-16-8-7-10-25-15-17-34(24(3)35)22-29(25)32(4)31(36)26-12-9-13-28(20-26)37-19-18-33/h5-6,9,11-14,20,23,25,29H,7-8,10,15-19,21-22H2,1-4H3/t25-,29+/m1/s1. The van der Waals surface area contributed by atoms with E-state index in [1.54, 1.807) is 6.92 Å². The van der Waals surface area contributed by atoms with E-state index in [2.05, 4.69) is 30.9 Å². The van der Waals surface area contributed by atoms with E-state index >= 15 is 0 Å². The number of likely N-dealkylation sites (tertiary alicyclic amines) is 1. The number of rotatable bonds is 4. The van der Waals surface area contributed by atoms with Gasteiger partial charge in [0.2, 0.25) is 5.91 Å². The summed E-state index contributed by atoms with van der Waals surface area (Å²) in [4.78, 5) is 31.8. The van der Waals surface area contributed by atoms with Gasteiger partial charge in [0.1, 0.15) is 18.1 Å². The molecule has 4 rings (SSSR count). The normalized spacial score (nSPS) is 21.8. The van der Waals surface area contributed by atoms with Crippen molar-refractivity contribution < 1.29 is 19.1 Å². The van der Waals surface area contributed by atoms with Crippen molar-refractivity contribution in [1.82, 2.24) is 14.7 Å². The Bertz CT molecular complexity index is 1090. The van der Waals surface area contributed by atoms with Gasteiger partial charge in [0.15, 0.2) is 0 Å². The number of piperidine rings is 1. The quantitative estimate of drug-likeness (QED) is 0.576. The van der Waals surface area contributed by atoms with Crippen LogP contribution >= 0.6 is 0 Å². The maximum absolute atomic E-state index is 13.5. The Morgan fingerprint density at radius 1 is 1.05 bits per heavy atom. The van der Waals surface area contributed by atoms with Gasteiger partial charge >= 0.3 is 0 Å². The maximum atomic E-state index is 13.5. The molecule has 2 aliphatic rings. The van der Waals surface area contributed by atoms with Crippen molar-refractivity contribution in [3.8, 4) is 11.5 Å². The van der Waals surface area contributed by atoms with Gasteiger partial charge in [-0.05, 0) is 69.8 Å². The smallest absolute Gasteiger partial charge is 0.254 e. The number of ether oxygens (including phenoxy) is 2. The number of likely N-dealkylation sites (N-methyl/N-ethyl adjacent to an activating group) is 1. The summed E-state index contributed by atoms with van der Waals surface area (Å²) in [6, 6.07) is 15.8. The fourth-order valence-corrected chi connectivity index (χ4v) is 5.66. The highest BCUT2D eigenvalue weighted by molar-refractivity contribution is 5.94. The number of para-hydroxylation sites is 1. The molecule has 0 spiro atoms. The molecule has 0 radical (unpaired) electrons. The number of benzene rings is 2. The average Bonchev–Trinajstić information content (AvgIpc) is 2.90. The van der Waals surface area contributed by atoms with E-state index in [0.29, 0.717) is 30.4 Å². The van der Waals surface area contributed by atoms with E-state index in [-0.39, 0.29) is 24.0 Å². The number of nitrogens with zero attached hydrogens (tertiary/aromatic N) is 3. The van der Waals surface area contributed by atoms with Crippen LogP contribution in [0.2, 0.25) is 0 Å². The molecule has 0 aliphatic carbocycles. The van der Waals surface area contributed by atoms with Gasteiger partial charge in [0.05, 0.1) is 12.1 Å². The topological polar surface area (TPSA) is 62.3 Å². The minimum absolute atomic E-state index is 0.00557. The largest absolute Gasteiger partial charge is 0.492 e. The number of hydrogen-bond acceptors (Lipinski definition) is 5. The zero-order chi connectivity index (χ0) is 27.1. The lowest BCUT2D eigenvalue weighted by molar-refractivity contribution is -0.131. The second-order valence-corrected chi connectivity index (χ2v) is 10.9. The number of carbonyl (C=O) groups is 2. The fraction of sp³-hybridized carbons (Fsp3) is 0.548. The van der Waals surface area contributed by atoms with Crippen LogP contribution in [0.5, 0.6) is 11.5 Å². The van der Waals surface area contributed by atoms with Crippen molar-refractivity contribution in [2.24, 2.45) is 5.92 Å². The Balaban J connectivity index is 1.54. The van der Waals surface area contributed by atoms with Crippen LogP contribution in [0.3, 0.4) is 0 Å². The molecule has 2 heterocycles. The Morgan fingerprint density at radius 2 is 1.87 bits per heavy atom. The molecular formula is C31H43N3O4. The maximum Gasteiger partial charge on any atom is 0.254 e. The molecule has 2 aromatic carbocycles. The molecule has 2 bridgehead atoms. The summed E-state index contributed by atoms with van der Waals surface area (Å²) in [7, 11) is 1.88. The van der Waals surface area contributed by atoms with E-state index in [4.69, 9.17) is 9.47 Å². The second kappa shape index (κ2) is 13.1. The lowest BCUT2D eigenvalue weighted by Crippen LogP contribution is -2.54. The molecule has 38 heavy (non-hydrogen) atoms. The van der Waals surface area contributed by atoms with Crippen LogP contribution in [0.25, 0.3) is 0 Å². The van der Waals surface area contributed by atoms with Crippen LogP contribution in [0.4, 0.5) is 0 Å². The van der Waals surface area contributed by atoms with Gasteiger partial charge in [0.25, 0.3) is 5.91 Å². The first-order chi connectivity index (χ1) is 18.3. The van der Waals surface area contributed by atoms with E-state index in [9.17, 15) is 9.59 Å². The molecule has 2 atom stereocenters. The monoisotopic (exact) mass is 521 g/mol. The van der Waals surface area contributed by atoms with Gasteiger partial charge in [0, 0.05) is 51.3 Å². The highest BCUT2D eigenvalue weighted by Crippen LogP contribution is 2.29. The van der Waals surface area contributed by atoms with Crippen molar-refractivity contribution in [2.75, 3.05) is 39.8 Å². The summed E-state index contributed by atoms with van der Waals surface area (Å²) < 4.78 is 12.2. The Hall–Kier alpha value is -3.06. The Labute approximate surface area is 227 Å². The van der Waals surface area contributed by atoms with Crippen molar-refractivity contribution >= 4 is 11.8 Å². The first-order valence-corrected chi connectivity index (χ1v) is 14.0. The molecule has 0 N–H and O–H groups in total. The Morgan fingerprint density at radius 3 is 2.66 bits per heavy atom. The van der Waals surface area contributed by atoms with Crippen LogP contribution in [-0.2, 0) is 11.3 Å². The Kier molecular flexibility index (Phi) is 9.67. The van der Waals surface area contributed by atoms with Gasteiger partial charge in [-0.15, -0.1) is 0 Å². The molecule has 7 heteroatoms. The molecular weight excluding hydrogens is 478 g/mol. The highest BCUT2D eigenvalue weighted by atomic mass is 16.5. The van der Waals surface area contributed by atoms with Crippen molar-refractivity contribution in [1.29, 1.82) is 0 Å². The summed E-state index contributed by atoms with van der Waals surface area (Å²) in [5, 5.41) is 0. The van der Waals surface area contributed by atoms with Crippen LogP contribution in [0, 0.1) is 5.92 Å². The lowest BCUT2D eigenvalue weighted by Gasteiger charge is -2.43. The third-order valence-electron chi connectivity index (χ3n) is 7.77. The molecule has 2 aliphatic heterocycles. The molecule has 0 unspecified atom stereocenters. The highest BCUT2D eigenvalue weighted by Gasteiger charge is 2.35. The molecule has 0 aromatic heterocycles. The molecule has 206 valence electrons. The molecule has 1 fully saturated rings. The van der Waals surface area contributed by atoms with Crippen molar-refractivity contribution in [3.63, 3.8) is 0 Å². The van der Waals surface area contributed by atoms with Crippen molar-refractivity contribution in [3.05, 3.63) is 59.7 Å².